The summed E-state index contributed by atoms with van der Waals surface area (Å²) in [6.45, 7) is 3.62. The number of hydrogen-bond donors (Lipinski definition) is 1. The molecule has 8 heteroatoms. The average molecular weight is 457 g/mol. The normalized spacial score (nSPS) is 11.7. The van der Waals surface area contributed by atoms with Crippen molar-refractivity contribution >= 4 is 39.8 Å². The highest BCUT2D eigenvalue weighted by atomic mass is 127. The first-order valence-corrected chi connectivity index (χ1v) is 9.29. The third kappa shape index (κ3) is 9.75. The predicted octanol–water partition coefficient (Wildman–Crippen LogP) is 2.28. The number of rotatable bonds is 7. The summed E-state index contributed by atoms with van der Waals surface area (Å²) in [5.74, 6) is 0.546. The molecule has 0 aliphatic heterocycles. The fourth-order valence-electron chi connectivity index (χ4n) is 1.97. The average Bonchev–Trinajstić information content (AvgIpc) is 2.41. The third-order valence-corrected chi connectivity index (χ3v) is 3.97. The van der Waals surface area contributed by atoms with E-state index >= 15 is 0 Å². The van der Waals surface area contributed by atoms with Crippen LogP contribution in [-0.4, -0.2) is 51.4 Å². The molecular formula is C15H25FIN3O2S. The Labute approximate surface area is 155 Å². The topological polar surface area (TPSA) is 61.8 Å². The molecule has 5 nitrogen and oxygen atoms in total. The lowest BCUT2D eigenvalue weighted by Crippen LogP contribution is -2.38. The summed E-state index contributed by atoms with van der Waals surface area (Å²) in [6.07, 6.45) is 1.71. The molecule has 1 N–H and O–H groups in total. The SMILES string of the molecule is CCNC(=NCCCS(C)(=O)=O)N(C)Cc1cccc(F)c1.I. The van der Waals surface area contributed by atoms with Gasteiger partial charge >= 0.3 is 0 Å². The van der Waals surface area contributed by atoms with Gasteiger partial charge in [-0.05, 0) is 31.0 Å². The molecule has 1 aromatic carbocycles. The predicted molar refractivity (Wildman–Crippen MR) is 104 cm³/mol. The second-order valence-corrected chi connectivity index (χ2v) is 7.46. The Hall–Kier alpha value is -0.900. The minimum atomic E-state index is -2.95. The Morgan fingerprint density at radius 3 is 2.65 bits per heavy atom. The van der Waals surface area contributed by atoms with Crippen LogP contribution in [0.15, 0.2) is 29.3 Å². The summed E-state index contributed by atoms with van der Waals surface area (Å²) in [5.41, 5.74) is 0.851. The molecule has 0 atom stereocenters. The van der Waals surface area contributed by atoms with E-state index in [0.29, 0.717) is 32.0 Å². The number of benzene rings is 1. The van der Waals surface area contributed by atoms with Crippen LogP contribution in [0.25, 0.3) is 0 Å². The van der Waals surface area contributed by atoms with Crippen molar-refractivity contribution in [3.63, 3.8) is 0 Å². The van der Waals surface area contributed by atoms with Crippen molar-refractivity contribution in [3.8, 4) is 0 Å². The van der Waals surface area contributed by atoms with E-state index in [4.69, 9.17) is 0 Å². The van der Waals surface area contributed by atoms with E-state index in [-0.39, 0.29) is 35.5 Å². The summed E-state index contributed by atoms with van der Waals surface area (Å²) in [6, 6.07) is 6.43. The Morgan fingerprint density at radius 2 is 2.09 bits per heavy atom. The summed E-state index contributed by atoms with van der Waals surface area (Å²) in [4.78, 5) is 6.30. The lowest BCUT2D eigenvalue weighted by atomic mass is 10.2. The zero-order valence-corrected chi connectivity index (χ0v) is 16.9. The van der Waals surface area contributed by atoms with Crippen LogP contribution < -0.4 is 5.32 Å². The number of nitrogens with one attached hydrogen (secondary N) is 1. The van der Waals surface area contributed by atoms with Gasteiger partial charge in [0.05, 0.1) is 5.75 Å². The quantitative estimate of drug-likeness (QED) is 0.296. The smallest absolute Gasteiger partial charge is 0.193 e. The molecule has 0 saturated carbocycles. The van der Waals surface area contributed by atoms with Crippen molar-refractivity contribution in [2.45, 2.75) is 19.9 Å². The van der Waals surface area contributed by atoms with Gasteiger partial charge in [-0.3, -0.25) is 4.99 Å². The minimum Gasteiger partial charge on any atom is -0.357 e. The van der Waals surface area contributed by atoms with E-state index in [9.17, 15) is 12.8 Å². The highest BCUT2D eigenvalue weighted by Gasteiger charge is 2.07. The Balaban J connectivity index is 0.00000484. The molecular weight excluding hydrogens is 432 g/mol. The maximum Gasteiger partial charge on any atom is 0.193 e. The molecule has 0 spiro atoms. The molecule has 0 aliphatic carbocycles. The van der Waals surface area contributed by atoms with E-state index in [0.717, 1.165) is 5.56 Å². The van der Waals surface area contributed by atoms with E-state index in [2.05, 4.69) is 10.3 Å². The molecule has 0 fully saturated rings. The van der Waals surface area contributed by atoms with Crippen LogP contribution in [0.2, 0.25) is 0 Å². The van der Waals surface area contributed by atoms with Gasteiger partial charge in [0.15, 0.2) is 5.96 Å². The third-order valence-electron chi connectivity index (χ3n) is 2.94. The van der Waals surface area contributed by atoms with Crippen LogP contribution >= 0.6 is 24.0 Å². The summed E-state index contributed by atoms with van der Waals surface area (Å²) in [7, 11) is -1.09. The lowest BCUT2D eigenvalue weighted by Gasteiger charge is -2.22. The van der Waals surface area contributed by atoms with Gasteiger partial charge in [-0.2, -0.15) is 0 Å². The first kappa shape index (κ1) is 22.1. The van der Waals surface area contributed by atoms with Gasteiger partial charge in [-0.15, -0.1) is 24.0 Å². The highest BCUT2D eigenvalue weighted by molar-refractivity contribution is 14.0. The van der Waals surface area contributed by atoms with Crippen molar-refractivity contribution in [3.05, 3.63) is 35.6 Å². The molecule has 0 bridgehead atoms. The van der Waals surface area contributed by atoms with Crippen molar-refractivity contribution in [2.75, 3.05) is 32.1 Å². The minimum absolute atomic E-state index is 0. The van der Waals surface area contributed by atoms with Gasteiger partial charge in [0.1, 0.15) is 15.7 Å². The molecule has 0 amide bonds. The first-order valence-electron chi connectivity index (χ1n) is 7.23. The molecule has 0 heterocycles. The second kappa shape index (κ2) is 10.8. The van der Waals surface area contributed by atoms with Crippen molar-refractivity contribution in [1.29, 1.82) is 0 Å². The Kier molecular flexibility index (Phi) is 10.4. The molecule has 0 aliphatic rings. The Morgan fingerprint density at radius 1 is 1.39 bits per heavy atom. The first-order chi connectivity index (χ1) is 10.3. The monoisotopic (exact) mass is 457 g/mol. The van der Waals surface area contributed by atoms with Crippen LogP contribution in [-0.2, 0) is 16.4 Å². The van der Waals surface area contributed by atoms with Crippen LogP contribution in [0.4, 0.5) is 4.39 Å². The molecule has 1 rings (SSSR count). The maximum absolute atomic E-state index is 13.2. The molecule has 23 heavy (non-hydrogen) atoms. The van der Waals surface area contributed by atoms with Crippen molar-refractivity contribution in [2.24, 2.45) is 4.99 Å². The van der Waals surface area contributed by atoms with Crippen LogP contribution in [0, 0.1) is 5.82 Å². The Bertz CT molecular complexity index is 608. The zero-order chi connectivity index (χ0) is 16.6. The van der Waals surface area contributed by atoms with E-state index in [1.165, 1.54) is 18.4 Å². The van der Waals surface area contributed by atoms with Crippen molar-refractivity contribution < 1.29 is 12.8 Å². The van der Waals surface area contributed by atoms with Gasteiger partial charge < -0.3 is 10.2 Å². The fourth-order valence-corrected chi connectivity index (χ4v) is 2.62. The highest BCUT2D eigenvalue weighted by Crippen LogP contribution is 2.06. The molecule has 1 aromatic rings. The number of guanidine groups is 1. The fraction of sp³-hybridized carbons (Fsp3) is 0.533. The van der Waals surface area contributed by atoms with Gasteiger partial charge in [-0.1, -0.05) is 12.1 Å². The molecule has 0 radical (unpaired) electrons. The maximum atomic E-state index is 13.2. The van der Waals surface area contributed by atoms with E-state index in [1.807, 2.05) is 24.9 Å². The number of sulfone groups is 1. The largest absolute Gasteiger partial charge is 0.357 e. The van der Waals surface area contributed by atoms with Crippen LogP contribution in [0.5, 0.6) is 0 Å². The molecule has 132 valence electrons. The second-order valence-electron chi connectivity index (χ2n) is 5.21. The number of nitrogens with zero attached hydrogens (tertiary/aromatic N) is 2. The summed E-state index contributed by atoms with van der Waals surface area (Å²) in [5, 5.41) is 3.15. The van der Waals surface area contributed by atoms with Gasteiger partial charge in [0, 0.05) is 32.9 Å². The summed E-state index contributed by atoms with van der Waals surface area (Å²) >= 11 is 0. The van der Waals surface area contributed by atoms with E-state index in [1.54, 1.807) is 6.07 Å². The van der Waals surface area contributed by atoms with Crippen molar-refractivity contribution in [1.82, 2.24) is 10.2 Å². The zero-order valence-electron chi connectivity index (χ0n) is 13.8. The van der Waals surface area contributed by atoms with Gasteiger partial charge in [-0.25, -0.2) is 12.8 Å². The number of hydrogen-bond acceptors (Lipinski definition) is 3. The number of aliphatic imine (C=N–C) groups is 1. The summed E-state index contributed by atoms with van der Waals surface area (Å²) < 4.78 is 35.4. The molecule has 0 unspecified atom stereocenters. The number of halogens is 2. The van der Waals surface area contributed by atoms with Gasteiger partial charge in [0.2, 0.25) is 0 Å². The lowest BCUT2D eigenvalue weighted by molar-refractivity contribution is 0.475. The molecule has 0 saturated heterocycles. The standard InChI is InChI=1S/C15H24FN3O2S.HI/c1-4-17-15(18-9-6-10-22(3,20)21)19(2)12-13-7-5-8-14(16)11-13;/h5,7-8,11H,4,6,9-10,12H2,1-3H3,(H,17,18);1H. The van der Waals surface area contributed by atoms with Gasteiger partial charge in [0.25, 0.3) is 0 Å². The van der Waals surface area contributed by atoms with Crippen LogP contribution in [0.1, 0.15) is 18.9 Å². The van der Waals surface area contributed by atoms with E-state index < -0.39 is 9.84 Å². The molecule has 0 aromatic heterocycles. The van der Waals surface area contributed by atoms with Crippen LogP contribution in [0.3, 0.4) is 0 Å².